The number of azo groups is 2. The van der Waals surface area contributed by atoms with Crippen molar-refractivity contribution in [1.29, 1.82) is 0 Å². The molecule has 10 N–H and O–H groups in total. The Bertz CT molecular complexity index is 3060. The summed E-state index contributed by atoms with van der Waals surface area (Å²) in [5.74, 6) is -1.30. The molecule has 5 aromatic carbocycles. The Morgan fingerprint density at radius 1 is 0.491 bits per heavy atom. The van der Waals surface area contributed by atoms with Crippen molar-refractivity contribution in [3.05, 3.63) is 60.7 Å². The van der Waals surface area contributed by atoms with E-state index in [-0.39, 0.29) is 5.39 Å². The quantitative estimate of drug-likeness (QED) is 0.0592. The van der Waals surface area contributed by atoms with Gasteiger partial charge in [-0.05, 0) is 41.1 Å². The van der Waals surface area contributed by atoms with Gasteiger partial charge in [0.05, 0.1) is 16.8 Å². The topological polar surface area (TPSA) is 394 Å². The van der Waals surface area contributed by atoms with E-state index in [1.165, 1.54) is 24.3 Å². The molecule has 27 heteroatoms. The Morgan fingerprint density at radius 2 is 1.00 bits per heavy atom. The summed E-state index contributed by atoms with van der Waals surface area (Å²) >= 11 is 0. The molecule has 0 radical (unpaired) electrons. The summed E-state index contributed by atoms with van der Waals surface area (Å²) in [6, 6.07) is 9.78. The first kappa shape index (κ1) is 39.0. The Labute approximate surface area is 297 Å². The molecular formula is C26H20N6O16S5. The lowest BCUT2D eigenvalue weighted by molar-refractivity contribution is 0.472. The molecule has 0 fully saturated rings. The minimum atomic E-state index is -5.46. The van der Waals surface area contributed by atoms with Crippen LogP contribution in [0.15, 0.2) is 106 Å². The van der Waals surface area contributed by atoms with E-state index in [2.05, 4.69) is 20.5 Å². The average molecular weight is 833 g/mol. The van der Waals surface area contributed by atoms with E-state index in [4.69, 9.17) is 11.5 Å². The average Bonchev–Trinajstić information content (AvgIpc) is 3.01. The normalized spacial score (nSPS) is 13.5. The maximum absolute atomic E-state index is 12.4. The Kier molecular flexibility index (Phi) is 9.57. The molecule has 0 saturated heterocycles. The molecule has 22 nitrogen and oxygen atoms in total. The van der Waals surface area contributed by atoms with Gasteiger partial charge in [0.1, 0.15) is 47.2 Å². The number of phenolic OH excluding ortho intramolecular Hbond substituents is 1. The molecule has 0 saturated carbocycles. The van der Waals surface area contributed by atoms with Crippen molar-refractivity contribution >= 4 is 106 Å². The molecule has 0 aliphatic carbocycles. The lowest BCUT2D eigenvalue weighted by Crippen LogP contribution is -2.06. The predicted molar refractivity (Wildman–Crippen MR) is 182 cm³/mol. The highest BCUT2D eigenvalue weighted by molar-refractivity contribution is 7.87. The number of anilines is 2. The minimum absolute atomic E-state index is 0.0526. The van der Waals surface area contributed by atoms with E-state index < -0.39 is 126 Å². The van der Waals surface area contributed by atoms with Gasteiger partial charge in [0.2, 0.25) is 0 Å². The van der Waals surface area contributed by atoms with Gasteiger partial charge in [0, 0.05) is 5.39 Å². The van der Waals surface area contributed by atoms with Gasteiger partial charge in [-0.15, -0.1) is 20.5 Å². The third kappa shape index (κ3) is 7.64. The fourth-order valence-corrected chi connectivity index (χ4v) is 8.39. The van der Waals surface area contributed by atoms with Crippen molar-refractivity contribution in [2.24, 2.45) is 20.5 Å². The highest BCUT2D eigenvalue weighted by Crippen LogP contribution is 2.49. The van der Waals surface area contributed by atoms with Crippen molar-refractivity contribution in [3.63, 3.8) is 0 Å². The summed E-state index contributed by atoms with van der Waals surface area (Å²) in [6.07, 6.45) is 0. The van der Waals surface area contributed by atoms with Crippen LogP contribution in [0.5, 0.6) is 5.75 Å². The standard InChI is InChI=1S/C26H20N6O16S5/c27-14-9-18(50(37,38)39)16(10-17(14)49(34,35)36)30-31-23-19(51(40,41)42)7-12-8-20(52(43,44)45)24(25(33)21(12)22(23)28)32-29-15-6-5-11-3-1-2-4-13(11)26(15)53(46,47)48/h1-10,33H,27-28H2,(H,34,35,36)(H,37,38,39)(H,40,41,42)(H,43,44,45)(H,46,47,48)/b31-30+,32-29+. The number of nitrogen functional groups attached to an aromatic ring is 2. The molecule has 5 rings (SSSR count). The summed E-state index contributed by atoms with van der Waals surface area (Å²) in [5.41, 5.74) is 5.72. The number of nitrogens with zero attached hydrogens (tertiary/aromatic N) is 4. The van der Waals surface area contributed by atoms with Crippen LogP contribution in [-0.2, 0) is 50.6 Å². The van der Waals surface area contributed by atoms with Gasteiger partial charge in [0.25, 0.3) is 50.6 Å². The molecule has 0 heterocycles. The molecule has 0 spiro atoms. The predicted octanol–water partition coefficient (Wildman–Crippen LogP) is 3.93. The number of aromatic hydroxyl groups is 1. The Hall–Kier alpha value is -5.23. The van der Waals surface area contributed by atoms with Crippen molar-refractivity contribution < 1.29 is 70.0 Å². The number of phenols is 1. The van der Waals surface area contributed by atoms with E-state index in [1.807, 2.05) is 0 Å². The van der Waals surface area contributed by atoms with Gasteiger partial charge in [-0.1, -0.05) is 30.3 Å². The first-order valence-corrected chi connectivity index (χ1v) is 20.7. The summed E-state index contributed by atoms with van der Waals surface area (Å²) in [6.45, 7) is 0. The van der Waals surface area contributed by atoms with Gasteiger partial charge in [-0.3, -0.25) is 22.8 Å². The van der Waals surface area contributed by atoms with E-state index in [0.29, 0.717) is 29.7 Å². The lowest BCUT2D eigenvalue weighted by Gasteiger charge is -2.14. The van der Waals surface area contributed by atoms with Crippen LogP contribution in [0.3, 0.4) is 0 Å². The third-order valence-electron chi connectivity index (χ3n) is 7.15. The zero-order valence-corrected chi connectivity index (χ0v) is 29.6. The summed E-state index contributed by atoms with van der Waals surface area (Å²) in [4.78, 5) is -5.73. The molecule has 5 aromatic rings. The van der Waals surface area contributed by atoms with Gasteiger partial charge in [-0.2, -0.15) is 42.1 Å². The summed E-state index contributed by atoms with van der Waals surface area (Å²) in [5, 5.41) is 24.3. The maximum Gasteiger partial charge on any atom is 0.297 e. The lowest BCUT2D eigenvalue weighted by atomic mass is 10.1. The molecule has 0 unspecified atom stereocenters. The number of fused-ring (bicyclic) bond motifs is 2. The molecule has 0 bridgehead atoms. The molecule has 0 aliphatic heterocycles. The van der Waals surface area contributed by atoms with Crippen molar-refractivity contribution in [3.8, 4) is 5.75 Å². The first-order valence-electron chi connectivity index (χ1n) is 13.5. The zero-order valence-electron chi connectivity index (χ0n) is 25.5. The largest absolute Gasteiger partial charge is 0.505 e. The second-order valence-corrected chi connectivity index (χ2v) is 17.5. The van der Waals surface area contributed by atoms with E-state index in [1.54, 1.807) is 6.07 Å². The number of nitrogens with two attached hydrogens (primary N) is 2. The van der Waals surface area contributed by atoms with Crippen LogP contribution in [0.1, 0.15) is 0 Å². The maximum atomic E-state index is 12.4. The van der Waals surface area contributed by atoms with Crippen molar-refractivity contribution in [2.75, 3.05) is 11.5 Å². The zero-order chi connectivity index (χ0) is 39.6. The molecular weight excluding hydrogens is 813 g/mol. The van der Waals surface area contributed by atoms with Crippen LogP contribution in [0.25, 0.3) is 21.5 Å². The summed E-state index contributed by atoms with van der Waals surface area (Å²) in [7, 11) is -26.4. The van der Waals surface area contributed by atoms with Gasteiger partial charge in [0.15, 0.2) is 5.75 Å². The van der Waals surface area contributed by atoms with Gasteiger partial charge < -0.3 is 16.6 Å². The second kappa shape index (κ2) is 13.0. The number of hydrogen-bond donors (Lipinski definition) is 8. The molecule has 53 heavy (non-hydrogen) atoms. The van der Waals surface area contributed by atoms with Gasteiger partial charge in [-0.25, -0.2) is 0 Å². The fourth-order valence-electron chi connectivity index (χ4n) is 4.97. The molecule has 0 amide bonds. The molecule has 0 atom stereocenters. The van der Waals surface area contributed by atoms with E-state index in [0.717, 1.165) is 6.07 Å². The Morgan fingerprint density at radius 3 is 1.55 bits per heavy atom. The van der Waals surface area contributed by atoms with Crippen LogP contribution >= 0.6 is 0 Å². The smallest absolute Gasteiger partial charge is 0.297 e. The minimum Gasteiger partial charge on any atom is -0.505 e. The van der Waals surface area contributed by atoms with Crippen LogP contribution in [0.2, 0.25) is 0 Å². The summed E-state index contributed by atoms with van der Waals surface area (Å²) < 4.78 is 171. The third-order valence-corrected chi connectivity index (χ3v) is 11.6. The number of rotatable bonds is 9. The van der Waals surface area contributed by atoms with Crippen molar-refractivity contribution in [2.45, 2.75) is 24.5 Å². The highest BCUT2D eigenvalue weighted by atomic mass is 32.2. The van der Waals surface area contributed by atoms with Crippen molar-refractivity contribution in [1.82, 2.24) is 0 Å². The molecule has 0 aliphatic rings. The molecule has 280 valence electrons. The monoisotopic (exact) mass is 832 g/mol. The van der Waals surface area contributed by atoms with Gasteiger partial charge >= 0.3 is 0 Å². The molecule has 0 aromatic heterocycles. The second-order valence-electron chi connectivity index (χ2n) is 10.6. The van der Waals surface area contributed by atoms with E-state index in [9.17, 15) is 70.0 Å². The van der Waals surface area contributed by atoms with E-state index >= 15 is 0 Å². The highest BCUT2D eigenvalue weighted by Gasteiger charge is 2.29. The van der Waals surface area contributed by atoms with Crippen LogP contribution in [0.4, 0.5) is 34.1 Å². The fraction of sp³-hybridized carbons (Fsp3) is 0. The van der Waals surface area contributed by atoms with Crippen LogP contribution in [0, 0.1) is 0 Å². The SMILES string of the molecule is Nc1cc(S(=O)(=O)O)c(/N=N/c2c(S(=O)(=O)O)cc3cc(S(=O)(=O)O)c(/N=N/c4ccc5ccccc5c4S(=O)(=O)O)c(O)c3c2N)cc1S(=O)(=O)O. The number of hydrogen-bond acceptors (Lipinski definition) is 17. The van der Waals surface area contributed by atoms with Crippen LogP contribution in [-0.4, -0.2) is 70.0 Å². The first-order chi connectivity index (χ1) is 24.2. The Balaban J connectivity index is 1.84. The van der Waals surface area contributed by atoms with Crippen LogP contribution < -0.4 is 11.5 Å². The number of benzene rings is 5.